The van der Waals surface area contributed by atoms with Crippen molar-refractivity contribution in [2.75, 3.05) is 7.11 Å². The Bertz CT molecular complexity index is 274. The number of halogens is 3. The van der Waals surface area contributed by atoms with Crippen LogP contribution in [0.3, 0.4) is 0 Å². The van der Waals surface area contributed by atoms with Gasteiger partial charge in [0.25, 0.3) is 0 Å². The molecule has 0 unspecified atom stereocenters. The number of rotatable bonds is 3. The Hall–Kier alpha value is -0.490. The molecular weight excluding hydrogens is 268 g/mol. The van der Waals surface area contributed by atoms with Gasteiger partial charge in [-0.05, 0) is 0 Å². The number of nitrogens with one attached hydrogen (secondary N) is 1. The molecule has 86 valence electrons. The fourth-order valence-electron chi connectivity index (χ4n) is 0.476. The molecule has 2 N–H and O–H groups in total. The molecule has 0 bridgehead atoms. The predicted molar refractivity (Wildman–Crippen MR) is 55.6 cm³/mol. The fourth-order valence-corrected chi connectivity index (χ4v) is 0.640. The summed E-state index contributed by atoms with van der Waals surface area (Å²) in [5.74, 6) is -1.51. The van der Waals surface area contributed by atoms with Crippen LogP contribution in [0.25, 0.3) is 0 Å². The van der Waals surface area contributed by atoms with Gasteiger partial charge in [0.05, 0.1) is 7.11 Å². The first-order chi connectivity index (χ1) is 6.77. The second-order valence-corrected chi connectivity index (χ2v) is 4.68. The normalized spacial score (nSPS) is 13.7. The van der Waals surface area contributed by atoms with Gasteiger partial charge in [-0.25, -0.2) is 4.79 Å². The second kappa shape index (κ2) is 6.17. The van der Waals surface area contributed by atoms with E-state index < -0.39 is 21.9 Å². The lowest BCUT2D eigenvalue weighted by atomic mass is 10.4. The van der Waals surface area contributed by atoms with Crippen LogP contribution < -0.4 is 5.32 Å². The molecule has 0 aromatic rings. The zero-order valence-corrected chi connectivity index (χ0v) is 9.81. The summed E-state index contributed by atoms with van der Waals surface area (Å²) in [5, 5.41) is 11.0. The molecule has 0 heterocycles. The lowest BCUT2D eigenvalue weighted by molar-refractivity contribution is -0.135. The summed E-state index contributed by atoms with van der Waals surface area (Å²) in [7, 11) is 1.15. The van der Waals surface area contributed by atoms with Crippen LogP contribution >= 0.6 is 34.8 Å². The Morgan fingerprint density at radius 1 is 1.40 bits per heavy atom. The number of ether oxygens (including phenoxy) is 1. The number of carbonyl (C=O) groups is 2. The van der Waals surface area contributed by atoms with Gasteiger partial charge in [-0.1, -0.05) is 34.8 Å². The van der Waals surface area contributed by atoms with Crippen LogP contribution in [0.4, 0.5) is 0 Å². The number of aliphatic hydroxyl groups excluding tert-OH is 1. The monoisotopic (exact) mass is 275 g/mol. The van der Waals surface area contributed by atoms with Crippen LogP contribution in [-0.4, -0.2) is 34.1 Å². The summed E-state index contributed by atoms with van der Waals surface area (Å²) in [5.41, 5.74) is 0. The zero-order chi connectivity index (χ0) is 12.1. The molecule has 0 aromatic heterocycles. The average Bonchev–Trinajstić information content (AvgIpc) is 2.12. The quantitative estimate of drug-likeness (QED) is 0.341. The lowest BCUT2D eigenvalue weighted by Gasteiger charge is -2.18. The maximum absolute atomic E-state index is 11.0. The van der Waals surface area contributed by atoms with Gasteiger partial charge < -0.3 is 15.2 Å². The smallest absolute Gasteiger partial charge is 0.330 e. The maximum Gasteiger partial charge on any atom is 0.330 e. The van der Waals surface area contributed by atoms with Crippen molar-refractivity contribution in [3.63, 3.8) is 0 Å². The minimum atomic E-state index is -2.03. The maximum atomic E-state index is 11.0. The molecule has 0 aliphatic rings. The summed E-state index contributed by atoms with van der Waals surface area (Å²) in [6.07, 6.45) is 0.0311. The first kappa shape index (κ1) is 14.5. The summed E-state index contributed by atoms with van der Waals surface area (Å²) >= 11 is 15.8. The third-order valence-electron chi connectivity index (χ3n) is 1.16. The van der Waals surface area contributed by atoms with Crippen molar-refractivity contribution in [2.45, 2.75) is 10.0 Å². The summed E-state index contributed by atoms with van der Waals surface area (Å²) in [4.78, 5) is 21.5. The molecule has 0 spiro atoms. The zero-order valence-electron chi connectivity index (χ0n) is 7.54. The number of carbonyl (C=O) groups excluding carboxylic acids is 2. The number of hydrogen-bond donors (Lipinski definition) is 2. The van der Waals surface area contributed by atoms with E-state index >= 15 is 0 Å². The van der Waals surface area contributed by atoms with E-state index in [1.54, 1.807) is 0 Å². The van der Waals surface area contributed by atoms with E-state index in [1.807, 2.05) is 5.32 Å². The number of hydrogen-bond acceptors (Lipinski definition) is 4. The third-order valence-corrected chi connectivity index (χ3v) is 1.78. The number of aliphatic hydroxyl groups is 1. The van der Waals surface area contributed by atoms with Crippen LogP contribution in [0.1, 0.15) is 0 Å². The molecule has 5 nitrogen and oxygen atoms in total. The van der Waals surface area contributed by atoms with E-state index in [1.165, 1.54) is 0 Å². The molecule has 0 rings (SSSR count). The number of methoxy groups -OCH3 is 1. The molecule has 0 saturated heterocycles. The van der Waals surface area contributed by atoms with Gasteiger partial charge in [0.2, 0.25) is 9.70 Å². The Labute approximate surface area is 101 Å². The van der Waals surface area contributed by atoms with Crippen LogP contribution in [0, 0.1) is 0 Å². The SMILES string of the molecule is COC(=O)/C=C/C(=O)N[C@@H](O)C(Cl)(Cl)Cl. The number of amides is 1. The van der Waals surface area contributed by atoms with Gasteiger partial charge in [-0.2, -0.15) is 0 Å². The predicted octanol–water partition coefficient (Wildman–Crippen LogP) is 0.520. The minimum Gasteiger partial charge on any atom is -0.466 e. The van der Waals surface area contributed by atoms with Crippen LogP contribution in [0.15, 0.2) is 12.2 Å². The number of alkyl halides is 3. The van der Waals surface area contributed by atoms with E-state index in [2.05, 4.69) is 4.74 Å². The van der Waals surface area contributed by atoms with Crippen molar-refractivity contribution < 1.29 is 19.4 Å². The Kier molecular flexibility index (Phi) is 5.97. The summed E-state index contributed by atoms with van der Waals surface area (Å²) in [6.45, 7) is 0. The van der Waals surface area contributed by atoms with Crippen molar-refractivity contribution in [1.82, 2.24) is 5.32 Å². The molecular formula is C7H8Cl3NO4. The highest BCUT2D eigenvalue weighted by molar-refractivity contribution is 6.68. The first-order valence-electron chi connectivity index (χ1n) is 3.58. The topological polar surface area (TPSA) is 75.6 Å². The highest BCUT2D eigenvalue weighted by Crippen LogP contribution is 2.28. The third kappa shape index (κ3) is 6.57. The molecule has 0 saturated carbocycles. The van der Waals surface area contributed by atoms with Gasteiger partial charge in [0.1, 0.15) is 0 Å². The van der Waals surface area contributed by atoms with Crippen molar-refractivity contribution in [3.05, 3.63) is 12.2 Å². The Morgan fingerprint density at radius 2 is 1.93 bits per heavy atom. The first-order valence-corrected chi connectivity index (χ1v) is 4.72. The van der Waals surface area contributed by atoms with Crippen molar-refractivity contribution >= 4 is 46.7 Å². The minimum absolute atomic E-state index is 0.714. The molecule has 0 fully saturated rings. The summed E-state index contributed by atoms with van der Waals surface area (Å²) < 4.78 is 2.19. The average molecular weight is 277 g/mol. The van der Waals surface area contributed by atoms with Crippen molar-refractivity contribution in [3.8, 4) is 0 Å². The Morgan fingerprint density at radius 3 is 2.33 bits per heavy atom. The highest BCUT2D eigenvalue weighted by Gasteiger charge is 2.31. The van der Waals surface area contributed by atoms with Gasteiger partial charge in [-0.3, -0.25) is 4.79 Å². The molecule has 0 aliphatic heterocycles. The summed E-state index contributed by atoms with van der Waals surface area (Å²) in [6, 6.07) is 0. The lowest BCUT2D eigenvalue weighted by Crippen LogP contribution is -2.42. The largest absolute Gasteiger partial charge is 0.466 e. The van der Waals surface area contributed by atoms with E-state index in [0.29, 0.717) is 0 Å². The van der Waals surface area contributed by atoms with Crippen molar-refractivity contribution in [2.24, 2.45) is 0 Å². The van der Waals surface area contributed by atoms with Gasteiger partial charge in [0.15, 0.2) is 6.23 Å². The van der Waals surface area contributed by atoms with Gasteiger partial charge in [-0.15, -0.1) is 0 Å². The molecule has 1 amide bonds. The molecule has 8 heteroatoms. The van der Waals surface area contributed by atoms with E-state index in [0.717, 1.165) is 19.3 Å². The number of esters is 1. The molecule has 15 heavy (non-hydrogen) atoms. The van der Waals surface area contributed by atoms with E-state index in [4.69, 9.17) is 39.9 Å². The van der Waals surface area contributed by atoms with Crippen LogP contribution in [0.2, 0.25) is 0 Å². The van der Waals surface area contributed by atoms with Crippen LogP contribution in [-0.2, 0) is 14.3 Å². The van der Waals surface area contributed by atoms with Crippen LogP contribution in [0.5, 0.6) is 0 Å². The highest BCUT2D eigenvalue weighted by atomic mass is 35.6. The van der Waals surface area contributed by atoms with E-state index in [9.17, 15) is 9.59 Å². The molecule has 0 aromatic carbocycles. The van der Waals surface area contributed by atoms with Gasteiger partial charge >= 0.3 is 5.97 Å². The van der Waals surface area contributed by atoms with Gasteiger partial charge in [0, 0.05) is 12.2 Å². The Balaban J connectivity index is 4.16. The second-order valence-electron chi connectivity index (χ2n) is 2.31. The molecule has 0 radical (unpaired) electrons. The van der Waals surface area contributed by atoms with Crippen molar-refractivity contribution in [1.29, 1.82) is 0 Å². The molecule has 1 atom stereocenters. The molecule has 0 aliphatic carbocycles. The van der Waals surface area contributed by atoms with E-state index in [-0.39, 0.29) is 0 Å². The fraction of sp³-hybridized carbons (Fsp3) is 0.429. The standard InChI is InChI=1S/C7H8Cl3NO4/c1-15-5(13)3-2-4(12)11-6(14)7(8,9)10/h2-3,6,14H,1H3,(H,11,12)/b3-2+/t6-/m0/s1.